The van der Waals surface area contributed by atoms with Crippen LogP contribution in [0.4, 0.5) is 13.2 Å². The van der Waals surface area contributed by atoms with Gasteiger partial charge in [-0.15, -0.1) is 0 Å². The van der Waals surface area contributed by atoms with Crippen molar-refractivity contribution in [2.24, 2.45) is 0 Å². The molecule has 1 saturated heterocycles. The number of ketones is 1. The molecule has 0 saturated carbocycles. The number of benzene rings is 1. The Labute approximate surface area is 122 Å². The minimum Gasteiger partial charge on any atom is -0.303 e. The molecule has 1 aromatic rings. The number of piperazine rings is 1. The van der Waals surface area contributed by atoms with Gasteiger partial charge in [-0.05, 0) is 38.7 Å². The van der Waals surface area contributed by atoms with Gasteiger partial charge in [-0.2, -0.15) is 13.2 Å². The molecule has 1 aromatic carbocycles. The molecule has 2 rings (SSSR count). The molecule has 3 nitrogen and oxygen atoms in total. The number of likely N-dealkylation sites (N-methyl/N-ethyl adjacent to an activating group) is 2. The van der Waals surface area contributed by atoms with E-state index in [1.807, 2.05) is 19.0 Å². The molecule has 0 radical (unpaired) electrons. The Bertz CT molecular complexity index is 542. The maximum absolute atomic E-state index is 12.7. The zero-order valence-electron chi connectivity index (χ0n) is 12.4. The maximum atomic E-state index is 12.7. The molecule has 0 spiro atoms. The van der Waals surface area contributed by atoms with E-state index in [0.717, 1.165) is 25.2 Å². The van der Waals surface area contributed by atoms with Crippen molar-refractivity contribution in [3.05, 3.63) is 34.9 Å². The number of hydrogen-bond acceptors (Lipinski definition) is 3. The molecule has 1 fully saturated rings. The van der Waals surface area contributed by atoms with Crippen molar-refractivity contribution in [2.45, 2.75) is 19.1 Å². The van der Waals surface area contributed by atoms with Gasteiger partial charge in [-0.3, -0.25) is 9.69 Å². The SMILES string of the molecule is Cc1cc(C(F)(F)F)ccc1C(=O)C1CN(C)CCN1C. The molecule has 0 N–H and O–H groups in total. The lowest BCUT2D eigenvalue weighted by molar-refractivity contribution is -0.137. The van der Waals surface area contributed by atoms with Gasteiger partial charge < -0.3 is 4.90 Å². The van der Waals surface area contributed by atoms with E-state index in [1.54, 1.807) is 6.92 Å². The first kappa shape index (κ1) is 16.0. The second-order valence-electron chi connectivity index (χ2n) is 5.65. The van der Waals surface area contributed by atoms with Crippen LogP contribution in [0.2, 0.25) is 0 Å². The molecule has 0 bridgehead atoms. The fraction of sp³-hybridized carbons (Fsp3) is 0.533. The quantitative estimate of drug-likeness (QED) is 0.784. The van der Waals surface area contributed by atoms with Gasteiger partial charge in [0.25, 0.3) is 0 Å². The van der Waals surface area contributed by atoms with Gasteiger partial charge in [0, 0.05) is 25.2 Å². The zero-order chi connectivity index (χ0) is 15.8. The molecular formula is C15H19F3N2O. The summed E-state index contributed by atoms with van der Waals surface area (Å²) in [5, 5.41) is 0. The van der Waals surface area contributed by atoms with Crippen molar-refractivity contribution in [2.75, 3.05) is 33.7 Å². The summed E-state index contributed by atoms with van der Waals surface area (Å²) in [6, 6.07) is 3.01. The summed E-state index contributed by atoms with van der Waals surface area (Å²) in [6.07, 6.45) is -4.38. The van der Waals surface area contributed by atoms with Gasteiger partial charge in [0.2, 0.25) is 0 Å². The lowest BCUT2D eigenvalue weighted by Gasteiger charge is -2.36. The predicted molar refractivity (Wildman–Crippen MR) is 74.4 cm³/mol. The highest BCUT2D eigenvalue weighted by atomic mass is 19.4. The summed E-state index contributed by atoms with van der Waals surface area (Å²) in [5.41, 5.74) is 0.0252. The van der Waals surface area contributed by atoms with Crippen LogP contribution in [0.15, 0.2) is 18.2 Å². The summed E-state index contributed by atoms with van der Waals surface area (Å²) in [5.74, 6) is -0.115. The van der Waals surface area contributed by atoms with Crippen molar-refractivity contribution in [3.63, 3.8) is 0 Å². The average molecular weight is 300 g/mol. The van der Waals surface area contributed by atoms with E-state index < -0.39 is 11.7 Å². The Hall–Kier alpha value is -1.40. The van der Waals surface area contributed by atoms with Gasteiger partial charge in [-0.25, -0.2) is 0 Å². The Kier molecular flexibility index (Phi) is 4.39. The van der Waals surface area contributed by atoms with Crippen LogP contribution in [0.1, 0.15) is 21.5 Å². The highest BCUT2D eigenvalue weighted by molar-refractivity contribution is 6.01. The van der Waals surface area contributed by atoms with E-state index in [0.29, 0.717) is 17.7 Å². The standard InChI is InChI=1S/C15H19F3N2O/c1-10-8-11(15(16,17)18)4-5-12(10)14(21)13-9-19(2)6-7-20(13)3/h4-5,8,13H,6-7,9H2,1-3H3. The van der Waals surface area contributed by atoms with Crippen LogP contribution in [0.5, 0.6) is 0 Å². The molecule has 0 aliphatic carbocycles. The van der Waals surface area contributed by atoms with Crippen LogP contribution in [0.3, 0.4) is 0 Å². The molecular weight excluding hydrogens is 281 g/mol. The van der Waals surface area contributed by atoms with Crippen molar-refractivity contribution < 1.29 is 18.0 Å². The number of halogens is 3. The molecule has 1 heterocycles. The highest BCUT2D eigenvalue weighted by Gasteiger charge is 2.33. The number of carbonyl (C=O) groups excluding carboxylic acids is 1. The molecule has 1 unspecified atom stereocenters. The molecule has 1 aliphatic rings. The summed E-state index contributed by atoms with van der Waals surface area (Å²) in [7, 11) is 3.81. The monoisotopic (exact) mass is 300 g/mol. The minimum absolute atomic E-state index is 0.115. The minimum atomic E-state index is -4.38. The second kappa shape index (κ2) is 5.77. The molecule has 6 heteroatoms. The first-order chi connectivity index (χ1) is 9.70. The summed E-state index contributed by atoms with van der Waals surface area (Å²) in [4.78, 5) is 16.6. The first-order valence-corrected chi connectivity index (χ1v) is 6.81. The second-order valence-corrected chi connectivity index (χ2v) is 5.65. The van der Waals surface area contributed by atoms with Gasteiger partial charge in [-0.1, -0.05) is 6.07 Å². The fourth-order valence-electron chi connectivity index (χ4n) is 2.59. The van der Waals surface area contributed by atoms with Crippen molar-refractivity contribution in [3.8, 4) is 0 Å². The number of carbonyl (C=O) groups is 1. The third-order valence-corrected chi connectivity index (χ3v) is 3.97. The lowest BCUT2D eigenvalue weighted by atomic mass is 9.95. The number of nitrogens with zero attached hydrogens (tertiary/aromatic N) is 2. The maximum Gasteiger partial charge on any atom is 0.416 e. The van der Waals surface area contributed by atoms with Gasteiger partial charge in [0.15, 0.2) is 5.78 Å². The zero-order valence-corrected chi connectivity index (χ0v) is 12.4. The molecule has 1 atom stereocenters. The topological polar surface area (TPSA) is 23.6 Å². The van der Waals surface area contributed by atoms with E-state index in [9.17, 15) is 18.0 Å². The normalized spacial score (nSPS) is 21.5. The lowest BCUT2D eigenvalue weighted by Crippen LogP contribution is -2.53. The third-order valence-electron chi connectivity index (χ3n) is 3.97. The van der Waals surface area contributed by atoms with Crippen LogP contribution in [-0.2, 0) is 6.18 Å². The number of aryl methyl sites for hydroxylation is 1. The summed E-state index contributed by atoms with van der Waals surface area (Å²) >= 11 is 0. The van der Waals surface area contributed by atoms with Crippen LogP contribution in [-0.4, -0.2) is 55.4 Å². The number of Topliss-reactive ketones (excluding diaryl/α,β-unsaturated/α-hetero) is 1. The summed E-state index contributed by atoms with van der Waals surface area (Å²) in [6.45, 7) is 3.80. The average Bonchev–Trinajstić information content (AvgIpc) is 2.39. The molecule has 0 aromatic heterocycles. The van der Waals surface area contributed by atoms with Crippen LogP contribution < -0.4 is 0 Å². The Balaban J connectivity index is 2.27. The van der Waals surface area contributed by atoms with E-state index in [-0.39, 0.29) is 11.8 Å². The smallest absolute Gasteiger partial charge is 0.303 e. The molecule has 1 aliphatic heterocycles. The number of alkyl halides is 3. The van der Waals surface area contributed by atoms with Gasteiger partial charge in [0.1, 0.15) is 0 Å². The number of hydrogen-bond donors (Lipinski definition) is 0. The third kappa shape index (κ3) is 3.44. The van der Waals surface area contributed by atoms with Crippen LogP contribution in [0, 0.1) is 6.92 Å². The summed E-state index contributed by atoms with van der Waals surface area (Å²) < 4.78 is 38.0. The van der Waals surface area contributed by atoms with Crippen molar-refractivity contribution >= 4 is 5.78 Å². The number of rotatable bonds is 2. The Morgan fingerprint density at radius 1 is 1.24 bits per heavy atom. The predicted octanol–water partition coefficient (Wildman–Crippen LogP) is 2.44. The fourth-order valence-corrected chi connectivity index (χ4v) is 2.59. The van der Waals surface area contributed by atoms with Crippen molar-refractivity contribution in [1.82, 2.24) is 9.80 Å². The van der Waals surface area contributed by atoms with Gasteiger partial charge >= 0.3 is 6.18 Å². The first-order valence-electron chi connectivity index (χ1n) is 6.81. The van der Waals surface area contributed by atoms with Crippen molar-refractivity contribution in [1.29, 1.82) is 0 Å². The van der Waals surface area contributed by atoms with E-state index in [4.69, 9.17) is 0 Å². The van der Waals surface area contributed by atoms with E-state index in [1.165, 1.54) is 6.07 Å². The highest BCUT2D eigenvalue weighted by Crippen LogP contribution is 2.30. The Morgan fingerprint density at radius 2 is 1.90 bits per heavy atom. The molecule has 0 amide bonds. The van der Waals surface area contributed by atoms with Gasteiger partial charge in [0.05, 0.1) is 11.6 Å². The molecule has 21 heavy (non-hydrogen) atoms. The van der Waals surface area contributed by atoms with Crippen LogP contribution >= 0.6 is 0 Å². The van der Waals surface area contributed by atoms with E-state index in [2.05, 4.69) is 4.90 Å². The Morgan fingerprint density at radius 3 is 2.48 bits per heavy atom. The largest absolute Gasteiger partial charge is 0.416 e. The van der Waals surface area contributed by atoms with Crippen LogP contribution in [0.25, 0.3) is 0 Å². The molecule has 116 valence electrons. The van der Waals surface area contributed by atoms with E-state index >= 15 is 0 Å².